The van der Waals surface area contributed by atoms with Gasteiger partial charge in [-0.3, -0.25) is 0 Å². The summed E-state index contributed by atoms with van der Waals surface area (Å²) in [6.45, 7) is 2.88. The number of nitrogens with zero attached hydrogens (tertiary/aromatic N) is 2. The van der Waals surface area contributed by atoms with Crippen LogP contribution in [0.25, 0.3) is 0 Å². The SMILES string of the molecule is COCCC(N)c1nc(C2CCC(C)C2)no1. The highest BCUT2D eigenvalue weighted by Gasteiger charge is 2.27. The second-order valence-electron chi connectivity index (χ2n) is 4.99. The number of nitrogens with two attached hydrogens (primary N) is 1. The Hall–Kier alpha value is -0.940. The topological polar surface area (TPSA) is 74.2 Å². The van der Waals surface area contributed by atoms with E-state index in [-0.39, 0.29) is 6.04 Å². The van der Waals surface area contributed by atoms with Crippen molar-refractivity contribution < 1.29 is 9.26 Å². The fourth-order valence-electron chi connectivity index (χ4n) is 2.37. The van der Waals surface area contributed by atoms with Crippen LogP contribution in [0.3, 0.4) is 0 Å². The largest absolute Gasteiger partial charge is 0.385 e. The fraction of sp³-hybridized carbons (Fsp3) is 0.833. The first-order valence-corrected chi connectivity index (χ1v) is 6.28. The van der Waals surface area contributed by atoms with Gasteiger partial charge in [0.1, 0.15) is 0 Å². The van der Waals surface area contributed by atoms with Gasteiger partial charge in [0, 0.05) is 19.6 Å². The van der Waals surface area contributed by atoms with Gasteiger partial charge in [0.15, 0.2) is 5.82 Å². The summed E-state index contributed by atoms with van der Waals surface area (Å²) >= 11 is 0. The minimum absolute atomic E-state index is 0.213. The molecule has 0 amide bonds. The van der Waals surface area contributed by atoms with Crippen LogP contribution in [0.15, 0.2) is 4.52 Å². The van der Waals surface area contributed by atoms with Gasteiger partial charge in [-0.25, -0.2) is 0 Å². The highest BCUT2D eigenvalue weighted by molar-refractivity contribution is 5.00. The third-order valence-electron chi connectivity index (χ3n) is 3.47. The minimum Gasteiger partial charge on any atom is -0.385 e. The molecule has 3 unspecified atom stereocenters. The molecule has 0 aromatic carbocycles. The van der Waals surface area contributed by atoms with Crippen molar-refractivity contribution in [3.63, 3.8) is 0 Å². The Morgan fingerprint density at radius 1 is 1.53 bits per heavy atom. The van der Waals surface area contributed by atoms with E-state index in [1.54, 1.807) is 7.11 Å². The average molecular weight is 239 g/mol. The smallest absolute Gasteiger partial charge is 0.243 e. The van der Waals surface area contributed by atoms with E-state index >= 15 is 0 Å². The van der Waals surface area contributed by atoms with Crippen molar-refractivity contribution in [1.82, 2.24) is 10.1 Å². The Labute approximate surface area is 102 Å². The summed E-state index contributed by atoms with van der Waals surface area (Å²) in [5, 5.41) is 4.05. The molecule has 1 aliphatic rings. The molecule has 0 saturated heterocycles. The Balaban J connectivity index is 1.95. The average Bonchev–Trinajstić information content (AvgIpc) is 2.93. The summed E-state index contributed by atoms with van der Waals surface area (Å²) < 4.78 is 10.2. The lowest BCUT2D eigenvalue weighted by Gasteiger charge is -2.05. The highest BCUT2D eigenvalue weighted by Crippen LogP contribution is 2.36. The van der Waals surface area contributed by atoms with E-state index < -0.39 is 0 Å². The molecule has 3 atom stereocenters. The zero-order valence-electron chi connectivity index (χ0n) is 10.6. The molecule has 1 saturated carbocycles. The van der Waals surface area contributed by atoms with Gasteiger partial charge in [0.05, 0.1) is 6.04 Å². The van der Waals surface area contributed by atoms with Gasteiger partial charge in [0.2, 0.25) is 5.89 Å². The Morgan fingerprint density at radius 2 is 2.35 bits per heavy atom. The third-order valence-corrected chi connectivity index (χ3v) is 3.47. The molecule has 1 aromatic rings. The molecule has 5 nitrogen and oxygen atoms in total. The van der Waals surface area contributed by atoms with Crippen molar-refractivity contribution in [2.75, 3.05) is 13.7 Å². The fourth-order valence-corrected chi connectivity index (χ4v) is 2.37. The van der Waals surface area contributed by atoms with Crippen LogP contribution in [0.2, 0.25) is 0 Å². The minimum atomic E-state index is -0.213. The van der Waals surface area contributed by atoms with Crippen LogP contribution >= 0.6 is 0 Å². The molecule has 1 fully saturated rings. The van der Waals surface area contributed by atoms with Gasteiger partial charge in [-0.1, -0.05) is 12.1 Å². The second-order valence-corrected chi connectivity index (χ2v) is 4.99. The molecule has 1 aromatic heterocycles. The number of aromatic nitrogens is 2. The number of hydrogen-bond acceptors (Lipinski definition) is 5. The van der Waals surface area contributed by atoms with Crippen molar-refractivity contribution in [3.8, 4) is 0 Å². The van der Waals surface area contributed by atoms with E-state index in [0.717, 1.165) is 24.6 Å². The molecule has 0 bridgehead atoms. The number of rotatable bonds is 5. The molecule has 0 aliphatic heterocycles. The standard InChI is InChI=1S/C12H21N3O2/c1-8-3-4-9(7-8)11-14-12(17-15-11)10(13)5-6-16-2/h8-10H,3-7,13H2,1-2H3. The molecule has 17 heavy (non-hydrogen) atoms. The van der Waals surface area contributed by atoms with Gasteiger partial charge in [-0.05, 0) is 31.6 Å². The van der Waals surface area contributed by atoms with Gasteiger partial charge < -0.3 is 15.0 Å². The molecular formula is C12H21N3O2. The second kappa shape index (κ2) is 5.60. The Kier molecular flexibility index (Phi) is 4.12. The monoisotopic (exact) mass is 239 g/mol. The lowest BCUT2D eigenvalue weighted by Crippen LogP contribution is -2.13. The Bertz CT molecular complexity index is 353. The van der Waals surface area contributed by atoms with Gasteiger partial charge >= 0.3 is 0 Å². The van der Waals surface area contributed by atoms with E-state index in [1.807, 2.05) is 0 Å². The van der Waals surface area contributed by atoms with Crippen LogP contribution in [0.1, 0.15) is 56.3 Å². The van der Waals surface area contributed by atoms with Crippen LogP contribution in [-0.4, -0.2) is 23.9 Å². The van der Waals surface area contributed by atoms with E-state index in [9.17, 15) is 0 Å². The third kappa shape index (κ3) is 3.04. The maximum absolute atomic E-state index is 5.94. The molecular weight excluding hydrogens is 218 g/mol. The quantitative estimate of drug-likeness (QED) is 0.850. The van der Waals surface area contributed by atoms with Crippen molar-refractivity contribution in [1.29, 1.82) is 0 Å². The van der Waals surface area contributed by atoms with Crippen molar-refractivity contribution >= 4 is 0 Å². The van der Waals surface area contributed by atoms with E-state index in [2.05, 4.69) is 17.1 Å². The molecule has 1 heterocycles. The zero-order chi connectivity index (χ0) is 12.3. The van der Waals surface area contributed by atoms with Crippen LogP contribution in [0.5, 0.6) is 0 Å². The lowest BCUT2D eigenvalue weighted by molar-refractivity contribution is 0.182. The summed E-state index contributed by atoms with van der Waals surface area (Å²) in [5.74, 6) is 2.59. The van der Waals surface area contributed by atoms with Crippen molar-refractivity contribution in [2.24, 2.45) is 11.7 Å². The number of methoxy groups -OCH3 is 1. The lowest BCUT2D eigenvalue weighted by atomic mass is 10.1. The summed E-state index contributed by atoms with van der Waals surface area (Å²) in [6, 6.07) is -0.213. The molecule has 0 radical (unpaired) electrons. The van der Waals surface area contributed by atoms with Crippen LogP contribution in [0, 0.1) is 5.92 Å². The Morgan fingerprint density at radius 3 is 3.00 bits per heavy atom. The maximum Gasteiger partial charge on any atom is 0.243 e. The maximum atomic E-state index is 5.94. The van der Waals surface area contributed by atoms with Crippen molar-refractivity contribution in [2.45, 2.75) is 44.6 Å². The normalized spacial score (nSPS) is 26.3. The molecule has 96 valence electrons. The summed E-state index contributed by atoms with van der Waals surface area (Å²) in [6.07, 6.45) is 4.28. The van der Waals surface area contributed by atoms with Gasteiger partial charge in [-0.2, -0.15) is 4.98 Å². The number of hydrogen-bond donors (Lipinski definition) is 1. The molecule has 0 spiro atoms. The molecule has 2 rings (SSSR count). The van der Waals surface area contributed by atoms with E-state index in [4.69, 9.17) is 15.0 Å². The van der Waals surface area contributed by atoms with E-state index in [0.29, 0.717) is 24.8 Å². The first-order valence-electron chi connectivity index (χ1n) is 6.28. The van der Waals surface area contributed by atoms with Gasteiger partial charge in [0.25, 0.3) is 0 Å². The summed E-state index contributed by atoms with van der Waals surface area (Å²) in [4.78, 5) is 4.42. The van der Waals surface area contributed by atoms with E-state index in [1.165, 1.54) is 6.42 Å². The van der Waals surface area contributed by atoms with Crippen LogP contribution in [-0.2, 0) is 4.74 Å². The first kappa shape index (κ1) is 12.5. The molecule has 1 aliphatic carbocycles. The number of ether oxygens (including phenoxy) is 1. The zero-order valence-corrected chi connectivity index (χ0v) is 10.6. The summed E-state index contributed by atoms with van der Waals surface area (Å²) in [7, 11) is 1.66. The predicted octanol–water partition coefficient (Wildman–Crippen LogP) is 2.01. The molecule has 2 N–H and O–H groups in total. The summed E-state index contributed by atoms with van der Waals surface area (Å²) in [5.41, 5.74) is 5.94. The highest BCUT2D eigenvalue weighted by atomic mass is 16.5. The predicted molar refractivity (Wildman–Crippen MR) is 63.5 cm³/mol. The first-order chi connectivity index (χ1) is 8.20. The van der Waals surface area contributed by atoms with Crippen LogP contribution < -0.4 is 5.73 Å². The van der Waals surface area contributed by atoms with Crippen LogP contribution in [0.4, 0.5) is 0 Å². The molecule has 5 heteroatoms. The van der Waals surface area contributed by atoms with Gasteiger partial charge in [-0.15, -0.1) is 0 Å². The van der Waals surface area contributed by atoms with Crippen molar-refractivity contribution in [3.05, 3.63) is 11.7 Å².